The molecule has 1 aromatic carbocycles. The van der Waals surface area contributed by atoms with Crippen molar-refractivity contribution in [2.45, 2.75) is 19.4 Å². The molecule has 20 heavy (non-hydrogen) atoms. The largest absolute Gasteiger partial charge is 0.469 e. The van der Waals surface area contributed by atoms with Gasteiger partial charge in [0.05, 0.1) is 23.5 Å². The van der Waals surface area contributed by atoms with Gasteiger partial charge in [0, 0.05) is 24.4 Å². The number of para-hydroxylation sites is 1. The Morgan fingerprint density at radius 1 is 1.40 bits per heavy atom. The van der Waals surface area contributed by atoms with Crippen molar-refractivity contribution in [1.29, 1.82) is 0 Å². The fourth-order valence-electron chi connectivity index (χ4n) is 2.55. The van der Waals surface area contributed by atoms with Crippen molar-refractivity contribution in [3.05, 3.63) is 53.6 Å². The van der Waals surface area contributed by atoms with Crippen LogP contribution in [0.4, 0.5) is 0 Å². The van der Waals surface area contributed by atoms with Crippen LogP contribution in [0.3, 0.4) is 0 Å². The third kappa shape index (κ3) is 2.21. The van der Waals surface area contributed by atoms with Crippen molar-refractivity contribution < 1.29 is 4.42 Å². The zero-order valence-corrected chi connectivity index (χ0v) is 11.6. The van der Waals surface area contributed by atoms with Crippen LogP contribution in [0, 0.1) is 6.92 Å². The lowest BCUT2D eigenvalue weighted by molar-refractivity contribution is 0.509. The summed E-state index contributed by atoms with van der Waals surface area (Å²) in [6.45, 7) is 1.92. The molecule has 2 aromatic heterocycles. The molecule has 0 fully saturated rings. The van der Waals surface area contributed by atoms with Crippen molar-refractivity contribution in [2.75, 3.05) is 0 Å². The molecule has 3 N–H and O–H groups in total. The third-order valence-corrected chi connectivity index (χ3v) is 3.59. The van der Waals surface area contributed by atoms with Gasteiger partial charge >= 0.3 is 0 Å². The van der Waals surface area contributed by atoms with Crippen LogP contribution in [0.1, 0.15) is 23.1 Å². The molecular formula is C15H18N4O. The molecule has 0 saturated heterocycles. The first-order chi connectivity index (χ1) is 9.69. The maximum Gasteiger partial charge on any atom is 0.101 e. The van der Waals surface area contributed by atoms with Gasteiger partial charge in [-0.2, -0.15) is 5.10 Å². The summed E-state index contributed by atoms with van der Waals surface area (Å²) in [6.07, 6.45) is 2.46. The number of hydrogen-bond donors (Lipinski definition) is 2. The second kappa shape index (κ2) is 5.11. The minimum atomic E-state index is -0.00856. The third-order valence-electron chi connectivity index (χ3n) is 3.59. The summed E-state index contributed by atoms with van der Waals surface area (Å²) in [7, 11) is 1.96. The number of aryl methyl sites for hydroxylation is 2. The molecular weight excluding hydrogens is 252 g/mol. The van der Waals surface area contributed by atoms with E-state index < -0.39 is 0 Å². The molecule has 1 atom stereocenters. The number of nitrogens with two attached hydrogens (primary N) is 1. The zero-order valence-electron chi connectivity index (χ0n) is 11.6. The Kier molecular flexibility index (Phi) is 3.30. The first-order valence-corrected chi connectivity index (χ1v) is 6.61. The van der Waals surface area contributed by atoms with Crippen LogP contribution < -0.4 is 11.3 Å². The molecule has 5 heteroatoms. The molecule has 0 amide bonds. The summed E-state index contributed by atoms with van der Waals surface area (Å²) in [5.41, 5.74) is 6.05. The molecule has 0 radical (unpaired) electrons. The summed E-state index contributed by atoms with van der Waals surface area (Å²) < 4.78 is 7.26. The second-order valence-electron chi connectivity index (χ2n) is 5.00. The average Bonchev–Trinajstić information content (AvgIpc) is 3.01. The van der Waals surface area contributed by atoms with Gasteiger partial charge in [0.15, 0.2) is 0 Å². The Balaban J connectivity index is 1.95. The average molecular weight is 270 g/mol. The van der Waals surface area contributed by atoms with Crippen molar-refractivity contribution in [3.63, 3.8) is 0 Å². The molecule has 0 spiro atoms. The van der Waals surface area contributed by atoms with Crippen molar-refractivity contribution in [2.24, 2.45) is 12.9 Å². The zero-order chi connectivity index (χ0) is 14.1. The number of aromatic nitrogens is 2. The summed E-state index contributed by atoms with van der Waals surface area (Å²) >= 11 is 0. The lowest BCUT2D eigenvalue weighted by Gasteiger charge is -2.12. The first-order valence-electron chi connectivity index (χ1n) is 6.61. The van der Waals surface area contributed by atoms with Crippen LogP contribution in [-0.4, -0.2) is 9.78 Å². The Hall–Kier alpha value is -2.11. The molecule has 104 valence electrons. The molecule has 1 unspecified atom stereocenters. The lowest BCUT2D eigenvalue weighted by Crippen LogP contribution is -2.29. The van der Waals surface area contributed by atoms with E-state index in [0.717, 1.165) is 34.3 Å². The predicted molar refractivity (Wildman–Crippen MR) is 77.9 cm³/mol. The lowest BCUT2D eigenvalue weighted by atomic mass is 10.0. The maximum atomic E-state index is 5.69. The number of fused-ring (bicyclic) bond motifs is 1. The van der Waals surface area contributed by atoms with Crippen LogP contribution in [0.15, 0.2) is 41.0 Å². The summed E-state index contributed by atoms with van der Waals surface area (Å²) in [4.78, 5) is 0. The highest BCUT2D eigenvalue weighted by molar-refractivity contribution is 5.81. The van der Waals surface area contributed by atoms with Gasteiger partial charge in [-0.1, -0.05) is 18.2 Å². The Labute approximate surface area is 117 Å². The topological polar surface area (TPSA) is 69.0 Å². The van der Waals surface area contributed by atoms with Crippen molar-refractivity contribution >= 4 is 10.9 Å². The molecule has 0 saturated carbocycles. The molecule has 0 aliphatic heterocycles. The number of rotatable bonds is 4. The minimum absolute atomic E-state index is 0.00856. The summed E-state index contributed by atoms with van der Waals surface area (Å²) in [5.74, 6) is 6.57. The number of hydrazine groups is 1. The number of nitrogens with zero attached hydrogens (tertiary/aromatic N) is 2. The van der Waals surface area contributed by atoms with E-state index in [9.17, 15) is 0 Å². The quantitative estimate of drug-likeness (QED) is 0.563. The number of hydrogen-bond acceptors (Lipinski definition) is 4. The van der Waals surface area contributed by atoms with Crippen LogP contribution in [0.2, 0.25) is 0 Å². The van der Waals surface area contributed by atoms with Gasteiger partial charge in [-0.25, -0.2) is 0 Å². The van der Waals surface area contributed by atoms with E-state index in [1.54, 1.807) is 6.26 Å². The van der Waals surface area contributed by atoms with Crippen LogP contribution in [0.25, 0.3) is 10.9 Å². The number of furan rings is 1. The van der Waals surface area contributed by atoms with Crippen LogP contribution in [0.5, 0.6) is 0 Å². The minimum Gasteiger partial charge on any atom is -0.469 e. The highest BCUT2D eigenvalue weighted by atomic mass is 16.3. The van der Waals surface area contributed by atoms with E-state index in [4.69, 9.17) is 10.3 Å². The van der Waals surface area contributed by atoms with E-state index in [2.05, 4.69) is 22.7 Å². The first kappa shape index (κ1) is 12.9. The molecule has 0 bridgehead atoms. The fourth-order valence-corrected chi connectivity index (χ4v) is 2.55. The standard InChI is InChI=1S/C15H18N4O/c1-10-7-11(9-20-10)13(17-16)8-14-12-5-3-4-6-15(12)19(2)18-14/h3-7,9,13,17H,8,16H2,1-2H3. The summed E-state index contributed by atoms with van der Waals surface area (Å²) in [5, 5.41) is 5.76. The SMILES string of the molecule is Cc1cc(C(Cc2nn(C)c3ccccc23)NN)co1. The smallest absolute Gasteiger partial charge is 0.101 e. The molecule has 2 heterocycles. The van der Waals surface area contributed by atoms with E-state index in [0.29, 0.717) is 0 Å². The maximum absolute atomic E-state index is 5.69. The van der Waals surface area contributed by atoms with Gasteiger partial charge in [-0.15, -0.1) is 0 Å². The molecule has 3 rings (SSSR count). The van der Waals surface area contributed by atoms with Gasteiger partial charge < -0.3 is 4.42 Å². The second-order valence-corrected chi connectivity index (χ2v) is 5.00. The normalized spacial score (nSPS) is 12.9. The van der Waals surface area contributed by atoms with E-state index >= 15 is 0 Å². The van der Waals surface area contributed by atoms with Gasteiger partial charge in [-0.05, 0) is 19.1 Å². The molecule has 3 aromatic rings. The molecule has 0 aliphatic rings. The molecule has 5 nitrogen and oxygen atoms in total. The highest BCUT2D eigenvalue weighted by Crippen LogP contribution is 2.24. The molecule has 0 aliphatic carbocycles. The van der Waals surface area contributed by atoms with Gasteiger partial charge in [0.1, 0.15) is 5.76 Å². The Morgan fingerprint density at radius 3 is 2.90 bits per heavy atom. The summed E-state index contributed by atoms with van der Waals surface area (Å²) in [6, 6.07) is 10.2. The van der Waals surface area contributed by atoms with Gasteiger partial charge in [0.2, 0.25) is 0 Å². The Bertz CT molecular complexity index is 728. The fraction of sp³-hybridized carbons (Fsp3) is 0.267. The van der Waals surface area contributed by atoms with Crippen LogP contribution >= 0.6 is 0 Å². The van der Waals surface area contributed by atoms with Crippen molar-refractivity contribution in [1.82, 2.24) is 15.2 Å². The van der Waals surface area contributed by atoms with Gasteiger partial charge in [0.25, 0.3) is 0 Å². The predicted octanol–water partition coefficient (Wildman–Crippen LogP) is 2.22. The van der Waals surface area contributed by atoms with E-state index in [-0.39, 0.29) is 6.04 Å². The van der Waals surface area contributed by atoms with Crippen molar-refractivity contribution in [3.8, 4) is 0 Å². The van der Waals surface area contributed by atoms with Gasteiger partial charge in [-0.3, -0.25) is 16.0 Å². The Morgan fingerprint density at radius 2 is 2.20 bits per heavy atom. The monoisotopic (exact) mass is 270 g/mol. The van der Waals surface area contributed by atoms with E-state index in [1.807, 2.05) is 36.9 Å². The van der Waals surface area contributed by atoms with E-state index in [1.165, 1.54) is 0 Å². The number of benzene rings is 1. The van der Waals surface area contributed by atoms with Crippen LogP contribution in [-0.2, 0) is 13.5 Å². The highest BCUT2D eigenvalue weighted by Gasteiger charge is 2.17. The number of nitrogens with one attached hydrogen (secondary N) is 1.